The topological polar surface area (TPSA) is 53.1 Å². The molecule has 5 heteroatoms. The van der Waals surface area contributed by atoms with Crippen molar-refractivity contribution in [2.24, 2.45) is 18.7 Å². The molecular formula is C15H26BrN3O. The van der Waals surface area contributed by atoms with Crippen molar-refractivity contribution in [3.05, 3.63) is 15.9 Å². The first-order valence-electron chi connectivity index (χ1n) is 7.38. The van der Waals surface area contributed by atoms with Crippen molar-refractivity contribution in [2.75, 3.05) is 7.11 Å². The Labute approximate surface area is 130 Å². The molecule has 0 radical (unpaired) electrons. The summed E-state index contributed by atoms with van der Waals surface area (Å²) in [4.78, 5) is 0. The van der Waals surface area contributed by atoms with E-state index in [1.807, 2.05) is 18.7 Å². The average molecular weight is 344 g/mol. The van der Waals surface area contributed by atoms with E-state index in [9.17, 15) is 0 Å². The summed E-state index contributed by atoms with van der Waals surface area (Å²) in [5, 5.41) is 4.44. The smallest absolute Gasteiger partial charge is 0.0832 e. The average Bonchev–Trinajstić information content (AvgIpc) is 2.66. The molecule has 2 N–H and O–H groups in total. The summed E-state index contributed by atoms with van der Waals surface area (Å²) in [5.74, 6) is 0.788. The van der Waals surface area contributed by atoms with Gasteiger partial charge in [0, 0.05) is 26.6 Å². The maximum atomic E-state index is 6.53. The van der Waals surface area contributed by atoms with E-state index in [-0.39, 0.29) is 11.6 Å². The van der Waals surface area contributed by atoms with Crippen LogP contribution in [0.1, 0.15) is 44.0 Å². The van der Waals surface area contributed by atoms with Gasteiger partial charge in [-0.2, -0.15) is 5.10 Å². The van der Waals surface area contributed by atoms with Crippen LogP contribution in [0.3, 0.4) is 0 Å². The van der Waals surface area contributed by atoms with Gasteiger partial charge in [0.05, 0.1) is 21.5 Å². The Balaban J connectivity index is 2.15. The van der Waals surface area contributed by atoms with Crippen molar-refractivity contribution in [3.8, 4) is 0 Å². The number of hydrogen-bond donors (Lipinski definition) is 1. The minimum atomic E-state index is -0.176. The van der Waals surface area contributed by atoms with E-state index in [0.29, 0.717) is 0 Å². The molecule has 0 aromatic carbocycles. The Bertz CT molecular complexity index is 464. The van der Waals surface area contributed by atoms with E-state index in [1.54, 1.807) is 7.11 Å². The van der Waals surface area contributed by atoms with Crippen LogP contribution in [0.2, 0.25) is 0 Å². The van der Waals surface area contributed by atoms with Gasteiger partial charge in [-0.3, -0.25) is 4.68 Å². The highest BCUT2D eigenvalue weighted by atomic mass is 79.9. The summed E-state index contributed by atoms with van der Waals surface area (Å²) in [6.07, 6.45) is 5.31. The van der Waals surface area contributed by atoms with Gasteiger partial charge in [-0.1, -0.05) is 6.92 Å². The van der Waals surface area contributed by atoms with Crippen molar-refractivity contribution in [1.82, 2.24) is 9.78 Å². The Morgan fingerprint density at radius 2 is 2.10 bits per heavy atom. The van der Waals surface area contributed by atoms with Crippen LogP contribution in [-0.2, 0) is 18.2 Å². The molecule has 4 nitrogen and oxygen atoms in total. The van der Waals surface area contributed by atoms with Crippen LogP contribution in [-0.4, -0.2) is 28.5 Å². The molecule has 1 atom stereocenters. The lowest BCUT2D eigenvalue weighted by Crippen LogP contribution is -2.52. The van der Waals surface area contributed by atoms with Gasteiger partial charge in [0.25, 0.3) is 0 Å². The van der Waals surface area contributed by atoms with E-state index >= 15 is 0 Å². The van der Waals surface area contributed by atoms with Gasteiger partial charge in [0.2, 0.25) is 0 Å². The molecule has 0 bridgehead atoms. The molecule has 2 rings (SSSR count). The monoisotopic (exact) mass is 343 g/mol. The molecule has 114 valence electrons. The predicted molar refractivity (Wildman–Crippen MR) is 84.7 cm³/mol. The second-order valence-electron chi connectivity index (χ2n) is 6.23. The zero-order valence-corrected chi connectivity index (χ0v) is 14.5. The number of methoxy groups -OCH3 is 1. The van der Waals surface area contributed by atoms with Crippen molar-refractivity contribution in [1.29, 1.82) is 0 Å². The summed E-state index contributed by atoms with van der Waals surface area (Å²) in [5.41, 5.74) is 8.52. The molecule has 0 spiro atoms. The van der Waals surface area contributed by atoms with Crippen molar-refractivity contribution >= 4 is 15.9 Å². The number of aromatic nitrogens is 2. The fourth-order valence-corrected chi connectivity index (χ4v) is 3.77. The molecule has 1 fully saturated rings. The van der Waals surface area contributed by atoms with E-state index < -0.39 is 0 Å². The first kappa shape index (κ1) is 16.0. The first-order chi connectivity index (χ1) is 9.39. The number of hydrogen-bond acceptors (Lipinski definition) is 3. The lowest BCUT2D eigenvalue weighted by Gasteiger charge is -2.42. The van der Waals surface area contributed by atoms with E-state index in [0.717, 1.165) is 41.0 Å². The lowest BCUT2D eigenvalue weighted by molar-refractivity contribution is -0.0662. The molecule has 1 aliphatic rings. The van der Waals surface area contributed by atoms with Gasteiger partial charge in [-0.15, -0.1) is 0 Å². The summed E-state index contributed by atoms with van der Waals surface area (Å²) >= 11 is 3.62. The van der Waals surface area contributed by atoms with E-state index in [1.165, 1.54) is 12.8 Å². The van der Waals surface area contributed by atoms with Crippen LogP contribution in [0.25, 0.3) is 0 Å². The molecule has 20 heavy (non-hydrogen) atoms. The molecule has 0 aliphatic heterocycles. The van der Waals surface area contributed by atoms with Crippen molar-refractivity contribution in [3.63, 3.8) is 0 Å². The fourth-order valence-electron chi connectivity index (χ4n) is 3.27. The normalized spacial score (nSPS) is 28.6. The second kappa shape index (κ2) is 6.16. The van der Waals surface area contributed by atoms with Gasteiger partial charge in [0.1, 0.15) is 0 Å². The molecule has 1 saturated carbocycles. The SMILES string of the molecule is COC1(C(N)Cc2c(Br)c(C)nn2C)CCC(C)CC1. The van der Waals surface area contributed by atoms with Crippen LogP contribution >= 0.6 is 15.9 Å². The molecule has 1 unspecified atom stereocenters. The Hall–Kier alpha value is -0.390. The van der Waals surface area contributed by atoms with Crippen LogP contribution in [0, 0.1) is 12.8 Å². The third-order valence-corrected chi connectivity index (χ3v) is 5.91. The number of nitrogens with zero attached hydrogens (tertiary/aromatic N) is 2. The third-order valence-electron chi connectivity index (χ3n) is 4.88. The van der Waals surface area contributed by atoms with Gasteiger partial charge >= 0.3 is 0 Å². The Morgan fingerprint density at radius 1 is 1.50 bits per heavy atom. The van der Waals surface area contributed by atoms with Crippen molar-refractivity contribution < 1.29 is 4.74 Å². The lowest BCUT2D eigenvalue weighted by atomic mass is 9.74. The third kappa shape index (κ3) is 2.95. The minimum absolute atomic E-state index is 0.00565. The van der Waals surface area contributed by atoms with Gasteiger partial charge in [-0.25, -0.2) is 0 Å². The molecule has 1 aliphatic carbocycles. The molecule has 0 amide bonds. The highest BCUT2D eigenvalue weighted by Gasteiger charge is 2.40. The fraction of sp³-hybridized carbons (Fsp3) is 0.800. The summed E-state index contributed by atoms with van der Waals surface area (Å²) < 4.78 is 8.88. The molecular weight excluding hydrogens is 318 g/mol. The summed E-state index contributed by atoms with van der Waals surface area (Å²) in [6, 6.07) is 0.00565. The van der Waals surface area contributed by atoms with Gasteiger partial charge in [-0.05, 0) is 54.5 Å². The largest absolute Gasteiger partial charge is 0.377 e. The quantitative estimate of drug-likeness (QED) is 0.914. The molecule has 0 saturated heterocycles. The number of ether oxygens (including phenoxy) is 1. The van der Waals surface area contributed by atoms with Crippen LogP contribution in [0.15, 0.2) is 4.47 Å². The number of halogens is 1. The molecule has 1 aromatic rings. The maximum absolute atomic E-state index is 6.53. The highest BCUT2D eigenvalue weighted by molar-refractivity contribution is 9.10. The van der Waals surface area contributed by atoms with E-state index in [4.69, 9.17) is 10.5 Å². The maximum Gasteiger partial charge on any atom is 0.0832 e. The summed E-state index contributed by atoms with van der Waals surface area (Å²) in [7, 11) is 3.78. The van der Waals surface area contributed by atoms with Gasteiger partial charge < -0.3 is 10.5 Å². The molecule has 1 heterocycles. The van der Waals surface area contributed by atoms with Crippen LogP contribution < -0.4 is 5.73 Å². The van der Waals surface area contributed by atoms with E-state index in [2.05, 4.69) is 28.0 Å². The van der Waals surface area contributed by atoms with Crippen LogP contribution in [0.5, 0.6) is 0 Å². The standard InChI is InChI=1S/C15H26BrN3O/c1-10-5-7-15(20-4,8-6-10)13(17)9-12-14(16)11(2)18-19(12)3/h10,13H,5-9,17H2,1-4H3. The second-order valence-corrected chi connectivity index (χ2v) is 7.02. The zero-order chi connectivity index (χ0) is 14.9. The summed E-state index contributed by atoms with van der Waals surface area (Å²) in [6.45, 7) is 4.32. The molecule has 1 aromatic heterocycles. The first-order valence-corrected chi connectivity index (χ1v) is 8.17. The zero-order valence-electron chi connectivity index (χ0n) is 12.9. The number of rotatable bonds is 4. The highest BCUT2D eigenvalue weighted by Crippen LogP contribution is 2.37. The Kier molecular flexibility index (Phi) is 4.92. The number of nitrogens with two attached hydrogens (primary N) is 1. The van der Waals surface area contributed by atoms with Crippen molar-refractivity contribution in [2.45, 2.75) is 57.6 Å². The Morgan fingerprint density at radius 3 is 2.55 bits per heavy atom. The predicted octanol–water partition coefficient (Wildman–Crippen LogP) is 2.96. The van der Waals surface area contributed by atoms with Crippen LogP contribution in [0.4, 0.5) is 0 Å². The van der Waals surface area contributed by atoms with Gasteiger partial charge in [0.15, 0.2) is 0 Å². The number of aryl methyl sites for hydroxylation is 2. The minimum Gasteiger partial charge on any atom is -0.377 e.